The Labute approximate surface area is 155 Å². The molecule has 0 radical (unpaired) electrons. The molecule has 6 nitrogen and oxygen atoms in total. The molecule has 0 unspecified atom stereocenters. The molecule has 26 heavy (non-hydrogen) atoms. The van der Waals surface area contributed by atoms with Crippen LogP contribution in [0.2, 0.25) is 0 Å². The van der Waals surface area contributed by atoms with Crippen LogP contribution in [0.15, 0.2) is 6.33 Å². The number of rotatable bonds is 5. The Morgan fingerprint density at radius 3 is 2.77 bits per heavy atom. The molecule has 0 aromatic carbocycles. The van der Waals surface area contributed by atoms with Gasteiger partial charge in [-0.15, -0.1) is 11.3 Å². The SMILES string of the molecule is COC(=O)C(=O)C[C@H]1CCc2sc3ncnc(OC4CCCCC4)c3c21. The van der Waals surface area contributed by atoms with E-state index in [9.17, 15) is 9.59 Å². The highest BCUT2D eigenvalue weighted by atomic mass is 32.1. The number of esters is 1. The third-order valence-corrected chi connectivity index (χ3v) is 6.54. The molecule has 2 aromatic rings. The molecule has 0 aliphatic heterocycles. The van der Waals surface area contributed by atoms with Gasteiger partial charge in [0.15, 0.2) is 0 Å². The first-order chi connectivity index (χ1) is 12.7. The molecular formula is C19H22N2O4S. The number of fused-ring (bicyclic) bond motifs is 3. The van der Waals surface area contributed by atoms with Crippen LogP contribution < -0.4 is 4.74 Å². The van der Waals surface area contributed by atoms with Gasteiger partial charge in [0.1, 0.15) is 17.3 Å². The number of carbonyl (C=O) groups excluding carboxylic acids is 2. The van der Waals surface area contributed by atoms with E-state index < -0.39 is 11.8 Å². The van der Waals surface area contributed by atoms with Gasteiger partial charge in [-0.3, -0.25) is 4.79 Å². The van der Waals surface area contributed by atoms with Gasteiger partial charge in [0, 0.05) is 11.3 Å². The molecule has 1 atom stereocenters. The number of methoxy groups -OCH3 is 1. The molecule has 4 rings (SSSR count). The molecular weight excluding hydrogens is 352 g/mol. The molecule has 2 aromatic heterocycles. The van der Waals surface area contributed by atoms with Crippen molar-refractivity contribution >= 4 is 33.3 Å². The first kappa shape index (κ1) is 17.4. The minimum absolute atomic E-state index is 0.00468. The van der Waals surface area contributed by atoms with Gasteiger partial charge in [-0.1, -0.05) is 6.42 Å². The number of aromatic nitrogens is 2. The molecule has 0 spiro atoms. The predicted octanol–water partition coefficient (Wildman–Crippen LogP) is 3.56. The van der Waals surface area contributed by atoms with Crippen molar-refractivity contribution in [3.63, 3.8) is 0 Å². The van der Waals surface area contributed by atoms with E-state index in [4.69, 9.17) is 4.74 Å². The summed E-state index contributed by atoms with van der Waals surface area (Å²) in [6.07, 6.45) is 9.46. The van der Waals surface area contributed by atoms with Crippen LogP contribution >= 0.6 is 11.3 Å². The van der Waals surface area contributed by atoms with Crippen LogP contribution in [0.5, 0.6) is 5.88 Å². The molecule has 2 aliphatic carbocycles. The number of hydrogen-bond acceptors (Lipinski definition) is 7. The summed E-state index contributed by atoms with van der Waals surface area (Å²) in [7, 11) is 1.24. The van der Waals surface area contributed by atoms with E-state index in [1.54, 1.807) is 17.7 Å². The van der Waals surface area contributed by atoms with Crippen LogP contribution in [0.25, 0.3) is 10.2 Å². The van der Waals surface area contributed by atoms with E-state index in [1.165, 1.54) is 31.2 Å². The number of thiophene rings is 1. The Kier molecular flexibility index (Phi) is 4.89. The number of ether oxygens (including phenoxy) is 2. The highest BCUT2D eigenvalue weighted by Gasteiger charge is 2.33. The minimum atomic E-state index is -0.770. The second-order valence-electron chi connectivity index (χ2n) is 7.03. The van der Waals surface area contributed by atoms with Crippen LogP contribution in [0.3, 0.4) is 0 Å². The molecule has 0 bridgehead atoms. The normalized spacial score (nSPS) is 20.1. The number of hydrogen-bond donors (Lipinski definition) is 0. The van der Waals surface area contributed by atoms with Gasteiger partial charge in [0.05, 0.1) is 12.5 Å². The summed E-state index contributed by atoms with van der Waals surface area (Å²) in [5.41, 5.74) is 1.11. The lowest BCUT2D eigenvalue weighted by molar-refractivity contribution is -0.151. The maximum atomic E-state index is 12.1. The second-order valence-corrected chi connectivity index (χ2v) is 8.11. The van der Waals surface area contributed by atoms with Gasteiger partial charge in [-0.05, 0) is 50.0 Å². The number of aryl methyl sites for hydroxylation is 1. The van der Waals surface area contributed by atoms with E-state index >= 15 is 0 Å². The zero-order chi connectivity index (χ0) is 18.1. The maximum absolute atomic E-state index is 12.1. The smallest absolute Gasteiger partial charge is 0.374 e. The Balaban J connectivity index is 1.66. The monoisotopic (exact) mass is 374 g/mol. The number of ketones is 1. The maximum Gasteiger partial charge on any atom is 0.374 e. The van der Waals surface area contributed by atoms with Gasteiger partial charge < -0.3 is 9.47 Å². The predicted molar refractivity (Wildman–Crippen MR) is 97.6 cm³/mol. The zero-order valence-electron chi connectivity index (χ0n) is 14.8. The lowest BCUT2D eigenvalue weighted by Gasteiger charge is -2.23. The largest absolute Gasteiger partial charge is 0.474 e. The van der Waals surface area contributed by atoms with Crippen molar-refractivity contribution in [2.75, 3.05) is 7.11 Å². The summed E-state index contributed by atoms with van der Waals surface area (Å²) in [6, 6.07) is 0. The van der Waals surface area contributed by atoms with E-state index in [0.717, 1.165) is 41.5 Å². The van der Waals surface area contributed by atoms with E-state index in [-0.39, 0.29) is 18.4 Å². The molecule has 138 valence electrons. The fraction of sp³-hybridized carbons (Fsp3) is 0.579. The van der Waals surface area contributed by atoms with Crippen molar-refractivity contribution in [1.82, 2.24) is 9.97 Å². The Morgan fingerprint density at radius 1 is 1.19 bits per heavy atom. The standard InChI is InChI=1S/C19H22N2O4S/c1-24-19(23)13(22)9-11-7-8-14-15(11)16-17(20-10-21-18(16)26-14)25-12-5-3-2-4-6-12/h10-12H,2-9H2,1H3/t11-/m1/s1. The van der Waals surface area contributed by atoms with Gasteiger partial charge in [0.25, 0.3) is 0 Å². The molecule has 1 saturated carbocycles. The average Bonchev–Trinajstić information content (AvgIpc) is 3.22. The van der Waals surface area contributed by atoms with Crippen molar-refractivity contribution in [2.45, 2.75) is 63.4 Å². The Bertz CT molecular complexity index is 841. The first-order valence-corrected chi connectivity index (χ1v) is 10.0. The van der Waals surface area contributed by atoms with Gasteiger partial charge in [-0.25, -0.2) is 14.8 Å². The summed E-state index contributed by atoms with van der Waals surface area (Å²) < 4.78 is 10.8. The zero-order valence-corrected chi connectivity index (χ0v) is 15.6. The van der Waals surface area contributed by atoms with Crippen molar-refractivity contribution in [2.24, 2.45) is 0 Å². The van der Waals surface area contributed by atoms with E-state index in [0.29, 0.717) is 5.88 Å². The van der Waals surface area contributed by atoms with Gasteiger partial charge in [-0.2, -0.15) is 0 Å². The van der Waals surface area contributed by atoms with Gasteiger partial charge >= 0.3 is 5.97 Å². The van der Waals surface area contributed by atoms with Crippen LogP contribution in [0.4, 0.5) is 0 Å². The quantitative estimate of drug-likeness (QED) is 0.588. The molecule has 0 saturated heterocycles. The fourth-order valence-electron chi connectivity index (χ4n) is 4.10. The number of nitrogens with zero attached hydrogens (tertiary/aromatic N) is 2. The molecule has 2 aliphatic rings. The molecule has 1 fully saturated rings. The second kappa shape index (κ2) is 7.31. The summed E-state index contributed by atoms with van der Waals surface area (Å²) in [4.78, 5) is 34.6. The highest BCUT2D eigenvalue weighted by molar-refractivity contribution is 7.19. The summed E-state index contributed by atoms with van der Waals surface area (Å²) in [6.45, 7) is 0. The molecule has 0 amide bonds. The van der Waals surface area contributed by atoms with Crippen LogP contribution in [-0.4, -0.2) is 34.9 Å². The number of Topliss-reactive ketones (excluding diaryl/α,β-unsaturated/α-hetero) is 1. The molecule has 0 N–H and O–H groups in total. The first-order valence-electron chi connectivity index (χ1n) is 9.21. The van der Waals surface area contributed by atoms with E-state index in [1.807, 2.05) is 0 Å². The van der Waals surface area contributed by atoms with Crippen LogP contribution in [0.1, 0.15) is 61.3 Å². The summed E-state index contributed by atoms with van der Waals surface area (Å²) >= 11 is 1.65. The fourth-order valence-corrected chi connectivity index (χ4v) is 5.33. The third kappa shape index (κ3) is 3.20. The third-order valence-electron chi connectivity index (χ3n) is 5.37. The Morgan fingerprint density at radius 2 is 2.00 bits per heavy atom. The molecule has 2 heterocycles. The number of carbonyl (C=O) groups is 2. The van der Waals surface area contributed by atoms with Crippen molar-refractivity contribution in [3.8, 4) is 5.88 Å². The van der Waals surface area contributed by atoms with Crippen molar-refractivity contribution in [1.29, 1.82) is 0 Å². The van der Waals surface area contributed by atoms with E-state index in [2.05, 4.69) is 14.7 Å². The van der Waals surface area contributed by atoms with Crippen molar-refractivity contribution in [3.05, 3.63) is 16.8 Å². The van der Waals surface area contributed by atoms with Crippen LogP contribution in [0, 0.1) is 0 Å². The highest BCUT2D eigenvalue weighted by Crippen LogP contribution is 2.47. The van der Waals surface area contributed by atoms with Gasteiger partial charge in [0.2, 0.25) is 11.7 Å². The molecule has 7 heteroatoms. The summed E-state index contributed by atoms with van der Waals surface area (Å²) in [5, 5.41) is 0.943. The average molecular weight is 374 g/mol. The van der Waals surface area contributed by atoms with Crippen LogP contribution in [-0.2, 0) is 20.7 Å². The lowest BCUT2D eigenvalue weighted by Crippen LogP contribution is -2.20. The summed E-state index contributed by atoms with van der Waals surface area (Å²) in [5.74, 6) is -0.605. The van der Waals surface area contributed by atoms with Crippen molar-refractivity contribution < 1.29 is 19.1 Å². The lowest BCUT2D eigenvalue weighted by atomic mass is 9.95. The Hall–Kier alpha value is -2.02. The topological polar surface area (TPSA) is 78.4 Å². The minimum Gasteiger partial charge on any atom is -0.474 e.